The fourth-order valence-electron chi connectivity index (χ4n) is 2.48. The minimum atomic E-state index is -1.45. The molecule has 1 aromatic carbocycles. The number of amides is 1. The smallest absolute Gasteiger partial charge is 0.256 e. The van der Waals surface area contributed by atoms with Crippen LogP contribution in [0.2, 0.25) is 0 Å². The fraction of sp³-hybridized carbons (Fsp3) is 0.294. The standard InChI is InChI=1S/C17H18FN3O5/c1-25-11-4-2-10(3-5-11)16(23)19-15-13(18)8-21(17(24)20-15)14-7-6-12(9-22)26-14/h2-8,12,14,17,22,24H,9H2,1H3,(H,19,20,23)/t12-,14+,17?/m0/s1. The third-order valence-electron chi connectivity index (χ3n) is 3.86. The van der Waals surface area contributed by atoms with Crippen molar-refractivity contribution in [2.24, 2.45) is 4.99 Å². The van der Waals surface area contributed by atoms with Crippen molar-refractivity contribution in [2.75, 3.05) is 13.7 Å². The van der Waals surface area contributed by atoms with Gasteiger partial charge in [0.25, 0.3) is 5.91 Å². The molecule has 3 N–H and O–H groups in total. The Morgan fingerprint density at radius 2 is 2.12 bits per heavy atom. The lowest BCUT2D eigenvalue weighted by atomic mass is 10.2. The summed E-state index contributed by atoms with van der Waals surface area (Å²) in [6, 6.07) is 6.24. The van der Waals surface area contributed by atoms with Gasteiger partial charge in [-0.05, 0) is 30.3 Å². The highest BCUT2D eigenvalue weighted by Crippen LogP contribution is 2.22. The molecule has 0 aromatic heterocycles. The van der Waals surface area contributed by atoms with Gasteiger partial charge in [-0.25, -0.2) is 9.38 Å². The van der Waals surface area contributed by atoms with Gasteiger partial charge >= 0.3 is 0 Å². The Morgan fingerprint density at radius 3 is 2.73 bits per heavy atom. The predicted molar refractivity (Wildman–Crippen MR) is 89.8 cm³/mol. The number of aliphatic imine (C=N–C) groups is 1. The summed E-state index contributed by atoms with van der Waals surface area (Å²) in [7, 11) is 1.51. The van der Waals surface area contributed by atoms with E-state index < -0.39 is 30.4 Å². The molecule has 1 amide bonds. The van der Waals surface area contributed by atoms with Crippen LogP contribution in [0.3, 0.4) is 0 Å². The minimum Gasteiger partial charge on any atom is -0.497 e. The normalized spacial score (nSPS) is 24.9. The molecular formula is C17H18FN3O5. The van der Waals surface area contributed by atoms with E-state index in [1.165, 1.54) is 19.2 Å². The van der Waals surface area contributed by atoms with Crippen LogP contribution in [0.15, 0.2) is 53.4 Å². The highest BCUT2D eigenvalue weighted by Gasteiger charge is 2.31. The van der Waals surface area contributed by atoms with E-state index in [9.17, 15) is 14.3 Å². The van der Waals surface area contributed by atoms with E-state index in [-0.39, 0.29) is 18.0 Å². The summed E-state index contributed by atoms with van der Waals surface area (Å²) in [4.78, 5) is 17.1. The maximum atomic E-state index is 14.3. The molecule has 2 aliphatic rings. The van der Waals surface area contributed by atoms with E-state index >= 15 is 0 Å². The van der Waals surface area contributed by atoms with E-state index in [4.69, 9.17) is 14.6 Å². The zero-order chi connectivity index (χ0) is 18.7. The van der Waals surface area contributed by atoms with Crippen LogP contribution < -0.4 is 10.1 Å². The summed E-state index contributed by atoms with van der Waals surface area (Å²) < 4.78 is 24.7. The van der Waals surface area contributed by atoms with Crippen molar-refractivity contribution in [1.29, 1.82) is 0 Å². The van der Waals surface area contributed by atoms with Crippen LogP contribution in [0, 0.1) is 0 Å². The monoisotopic (exact) mass is 363 g/mol. The molecule has 0 bridgehead atoms. The number of ether oxygens (including phenoxy) is 2. The second kappa shape index (κ2) is 7.65. The van der Waals surface area contributed by atoms with E-state index in [1.807, 2.05) is 0 Å². The minimum absolute atomic E-state index is 0.227. The van der Waals surface area contributed by atoms with Crippen LogP contribution in [0.1, 0.15) is 10.4 Å². The second-order valence-electron chi connectivity index (χ2n) is 5.56. The van der Waals surface area contributed by atoms with Crippen molar-refractivity contribution in [3.05, 3.63) is 54.0 Å². The summed E-state index contributed by atoms with van der Waals surface area (Å²) in [5.41, 5.74) is 0.283. The molecule has 26 heavy (non-hydrogen) atoms. The number of rotatable bonds is 4. The van der Waals surface area contributed by atoms with Crippen LogP contribution >= 0.6 is 0 Å². The van der Waals surface area contributed by atoms with Gasteiger partial charge in [0, 0.05) is 11.8 Å². The van der Waals surface area contributed by atoms with Gasteiger partial charge in [0.2, 0.25) is 6.35 Å². The number of benzene rings is 1. The van der Waals surface area contributed by atoms with Crippen LogP contribution in [-0.4, -0.2) is 59.3 Å². The molecule has 8 nitrogen and oxygen atoms in total. The zero-order valence-corrected chi connectivity index (χ0v) is 13.9. The van der Waals surface area contributed by atoms with Crippen LogP contribution in [0.5, 0.6) is 5.75 Å². The molecule has 0 aliphatic carbocycles. The number of carbonyl (C=O) groups is 1. The van der Waals surface area contributed by atoms with E-state index in [2.05, 4.69) is 10.3 Å². The number of nitrogens with zero attached hydrogens (tertiary/aromatic N) is 2. The highest BCUT2D eigenvalue weighted by atomic mass is 19.1. The van der Waals surface area contributed by atoms with E-state index in [0.29, 0.717) is 5.75 Å². The first-order chi connectivity index (χ1) is 12.5. The molecule has 0 saturated heterocycles. The number of aliphatic hydroxyl groups is 2. The quantitative estimate of drug-likeness (QED) is 0.673. The second-order valence-corrected chi connectivity index (χ2v) is 5.56. The lowest BCUT2D eigenvalue weighted by molar-refractivity contribution is -0.0950. The molecular weight excluding hydrogens is 345 g/mol. The van der Waals surface area contributed by atoms with Gasteiger partial charge in [0.1, 0.15) is 11.9 Å². The molecule has 1 aromatic rings. The number of hydrogen-bond donors (Lipinski definition) is 3. The van der Waals surface area contributed by atoms with Gasteiger partial charge in [0.15, 0.2) is 17.9 Å². The fourth-order valence-corrected chi connectivity index (χ4v) is 2.48. The van der Waals surface area contributed by atoms with E-state index in [0.717, 1.165) is 11.1 Å². The maximum Gasteiger partial charge on any atom is 0.256 e. The molecule has 138 valence electrons. The van der Waals surface area contributed by atoms with Crippen molar-refractivity contribution in [1.82, 2.24) is 10.2 Å². The van der Waals surface area contributed by atoms with Crippen LogP contribution in [0.4, 0.5) is 4.39 Å². The van der Waals surface area contributed by atoms with Gasteiger partial charge in [-0.2, -0.15) is 0 Å². The molecule has 3 rings (SSSR count). The van der Waals surface area contributed by atoms with Gasteiger partial charge in [0.05, 0.1) is 13.7 Å². The summed E-state index contributed by atoms with van der Waals surface area (Å²) in [6.45, 7) is -0.227. The largest absolute Gasteiger partial charge is 0.497 e. The molecule has 0 fully saturated rings. The molecule has 1 unspecified atom stereocenters. The Kier molecular flexibility index (Phi) is 5.31. The number of aliphatic hydroxyl groups excluding tert-OH is 2. The molecule has 0 saturated carbocycles. The number of hydrogen-bond acceptors (Lipinski definition) is 7. The first-order valence-electron chi connectivity index (χ1n) is 7.83. The molecule has 3 atom stereocenters. The van der Waals surface area contributed by atoms with Crippen molar-refractivity contribution < 1.29 is 28.9 Å². The molecule has 9 heteroatoms. The Hall–Kier alpha value is -2.75. The molecule has 2 aliphatic heterocycles. The number of carbonyl (C=O) groups excluding carboxylic acids is 1. The zero-order valence-electron chi connectivity index (χ0n) is 13.9. The third kappa shape index (κ3) is 3.74. The van der Waals surface area contributed by atoms with Gasteiger partial charge in [-0.1, -0.05) is 6.08 Å². The van der Waals surface area contributed by atoms with Gasteiger partial charge in [-0.3, -0.25) is 4.79 Å². The Balaban J connectivity index is 1.68. The van der Waals surface area contributed by atoms with Gasteiger partial charge < -0.3 is 29.9 Å². The lowest BCUT2D eigenvalue weighted by Crippen LogP contribution is -2.44. The first kappa shape index (κ1) is 18.1. The highest BCUT2D eigenvalue weighted by molar-refractivity contribution is 6.11. The van der Waals surface area contributed by atoms with Crippen molar-refractivity contribution in [3.8, 4) is 5.75 Å². The van der Waals surface area contributed by atoms with Crippen LogP contribution in [0.25, 0.3) is 0 Å². The Bertz CT molecular complexity index is 762. The Labute approximate surface area is 148 Å². The molecule has 0 spiro atoms. The average molecular weight is 363 g/mol. The van der Waals surface area contributed by atoms with E-state index in [1.54, 1.807) is 24.3 Å². The Morgan fingerprint density at radius 1 is 1.38 bits per heavy atom. The van der Waals surface area contributed by atoms with Crippen molar-refractivity contribution in [3.63, 3.8) is 0 Å². The number of halogens is 1. The molecule has 0 radical (unpaired) electrons. The number of methoxy groups -OCH3 is 1. The predicted octanol–water partition coefficient (Wildman–Crippen LogP) is 0.499. The summed E-state index contributed by atoms with van der Waals surface area (Å²) >= 11 is 0. The maximum absolute atomic E-state index is 14.3. The summed E-state index contributed by atoms with van der Waals surface area (Å²) in [5, 5.41) is 21.5. The SMILES string of the molecule is COc1ccc(C(=O)NC2=NC(O)N([C@H]3C=C[C@@H](CO)O3)C=C2F)cc1. The number of nitrogens with one attached hydrogen (secondary N) is 1. The third-order valence-corrected chi connectivity index (χ3v) is 3.86. The van der Waals surface area contributed by atoms with Crippen molar-refractivity contribution in [2.45, 2.75) is 18.7 Å². The van der Waals surface area contributed by atoms with Crippen LogP contribution in [-0.2, 0) is 4.74 Å². The molecule has 2 heterocycles. The van der Waals surface area contributed by atoms with Crippen molar-refractivity contribution >= 4 is 11.7 Å². The topological polar surface area (TPSA) is 104 Å². The van der Waals surface area contributed by atoms with Gasteiger partial charge in [-0.15, -0.1) is 0 Å². The lowest BCUT2D eigenvalue weighted by Gasteiger charge is -2.32. The number of amidine groups is 1. The average Bonchev–Trinajstić information content (AvgIpc) is 3.13. The summed E-state index contributed by atoms with van der Waals surface area (Å²) in [6.07, 6.45) is 1.43. The first-order valence-corrected chi connectivity index (χ1v) is 7.83. The summed E-state index contributed by atoms with van der Waals surface area (Å²) in [5.74, 6) is -1.20.